The minimum Gasteiger partial charge on any atom is -0.462 e. The van der Waals surface area contributed by atoms with Crippen LogP contribution in [0.15, 0.2) is 54.9 Å². The summed E-state index contributed by atoms with van der Waals surface area (Å²) in [6.07, 6.45) is 4.77. The van der Waals surface area contributed by atoms with Crippen LogP contribution in [0.1, 0.15) is 24.0 Å². The van der Waals surface area contributed by atoms with Crippen molar-refractivity contribution in [1.29, 1.82) is 0 Å². The van der Waals surface area contributed by atoms with Gasteiger partial charge in [0.15, 0.2) is 5.83 Å². The highest BCUT2D eigenvalue weighted by Gasteiger charge is 2.30. The van der Waals surface area contributed by atoms with Crippen LogP contribution in [-0.2, 0) is 11.2 Å². The van der Waals surface area contributed by atoms with Gasteiger partial charge in [0, 0.05) is 54.6 Å². The summed E-state index contributed by atoms with van der Waals surface area (Å²) in [5, 5.41) is 2.60. The number of hydrogen-bond donors (Lipinski definition) is 0. The van der Waals surface area contributed by atoms with Crippen molar-refractivity contribution in [3.8, 4) is 11.9 Å². The van der Waals surface area contributed by atoms with Crippen molar-refractivity contribution in [2.75, 3.05) is 51.3 Å². The molecule has 0 bridgehead atoms. The van der Waals surface area contributed by atoms with Gasteiger partial charge in [0.05, 0.1) is 5.56 Å². The van der Waals surface area contributed by atoms with E-state index >= 15 is 0 Å². The SMILES string of the molecule is C=C(F)C(=O)N1CCN(c2nc(OC[C@@H]3CCCN3C)nc3c2CC=C(c2cccc4cccc(Cl)c24)O3)CC1. The summed E-state index contributed by atoms with van der Waals surface area (Å²) in [6.45, 7) is 6.38. The third-order valence-electron chi connectivity index (χ3n) is 7.92. The van der Waals surface area contributed by atoms with Crippen LogP contribution in [-0.4, -0.2) is 78.1 Å². The van der Waals surface area contributed by atoms with E-state index in [-0.39, 0.29) is 6.01 Å². The van der Waals surface area contributed by atoms with Crippen LogP contribution in [0.2, 0.25) is 5.02 Å². The highest BCUT2D eigenvalue weighted by molar-refractivity contribution is 6.36. The third kappa shape index (κ3) is 5.11. The Morgan fingerprint density at radius 1 is 1.15 bits per heavy atom. The first kappa shape index (κ1) is 26.5. The van der Waals surface area contributed by atoms with Crippen LogP contribution in [0.4, 0.5) is 10.2 Å². The third-order valence-corrected chi connectivity index (χ3v) is 8.23. The Balaban J connectivity index is 1.32. The normalized spacial score (nSPS) is 19.3. The van der Waals surface area contributed by atoms with E-state index in [9.17, 15) is 9.18 Å². The number of benzene rings is 2. The molecular weight excluding hydrogens is 533 g/mol. The van der Waals surface area contributed by atoms with Gasteiger partial charge in [-0.25, -0.2) is 4.39 Å². The first-order chi connectivity index (χ1) is 19.4. The lowest BCUT2D eigenvalue weighted by molar-refractivity contribution is -0.128. The molecule has 4 heterocycles. The summed E-state index contributed by atoms with van der Waals surface area (Å²) in [5.41, 5.74) is 1.73. The Morgan fingerprint density at radius 3 is 2.65 bits per heavy atom. The maximum Gasteiger partial charge on any atom is 0.321 e. The molecule has 1 amide bonds. The van der Waals surface area contributed by atoms with Crippen molar-refractivity contribution in [2.45, 2.75) is 25.3 Å². The predicted octanol–water partition coefficient (Wildman–Crippen LogP) is 4.86. The number of piperazine rings is 1. The number of hydrogen-bond acceptors (Lipinski definition) is 7. The average Bonchev–Trinajstić information content (AvgIpc) is 3.39. The molecular formula is C30H31ClFN5O3. The summed E-state index contributed by atoms with van der Waals surface area (Å²) < 4.78 is 26.0. The van der Waals surface area contributed by atoms with E-state index < -0.39 is 11.7 Å². The van der Waals surface area contributed by atoms with Crippen molar-refractivity contribution in [1.82, 2.24) is 19.8 Å². The molecule has 6 rings (SSSR count). The second-order valence-corrected chi connectivity index (χ2v) is 10.8. The maximum atomic E-state index is 13.4. The molecule has 0 aliphatic carbocycles. The minimum absolute atomic E-state index is 0.252. The molecule has 1 atom stereocenters. The van der Waals surface area contributed by atoms with Gasteiger partial charge in [-0.2, -0.15) is 9.97 Å². The number of ether oxygens (including phenoxy) is 2. The zero-order chi connectivity index (χ0) is 27.8. The molecule has 2 aromatic carbocycles. The van der Waals surface area contributed by atoms with Crippen LogP contribution in [0.3, 0.4) is 0 Å². The van der Waals surface area contributed by atoms with Gasteiger partial charge in [0.2, 0.25) is 5.88 Å². The van der Waals surface area contributed by atoms with Gasteiger partial charge in [-0.05, 0) is 44.0 Å². The van der Waals surface area contributed by atoms with Crippen molar-refractivity contribution in [3.63, 3.8) is 0 Å². The lowest BCUT2D eigenvalue weighted by atomic mass is 10.0. The van der Waals surface area contributed by atoms with Gasteiger partial charge in [0.25, 0.3) is 5.91 Å². The first-order valence-corrected chi connectivity index (χ1v) is 13.9. The Bertz CT molecular complexity index is 1500. The van der Waals surface area contributed by atoms with Crippen molar-refractivity contribution in [3.05, 3.63) is 71.0 Å². The fraction of sp³-hybridized carbons (Fsp3) is 0.367. The number of aromatic nitrogens is 2. The van der Waals surface area contributed by atoms with Crippen LogP contribution >= 0.6 is 11.6 Å². The molecule has 0 radical (unpaired) electrons. The topological polar surface area (TPSA) is 71.0 Å². The van der Waals surface area contributed by atoms with Gasteiger partial charge in [0.1, 0.15) is 18.2 Å². The van der Waals surface area contributed by atoms with Gasteiger partial charge in [-0.15, -0.1) is 0 Å². The summed E-state index contributed by atoms with van der Waals surface area (Å²) in [4.78, 5) is 27.4. The fourth-order valence-corrected chi connectivity index (χ4v) is 5.97. The second-order valence-electron chi connectivity index (χ2n) is 10.4. The highest BCUT2D eigenvalue weighted by atomic mass is 35.5. The molecule has 3 aliphatic rings. The Morgan fingerprint density at radius 2 is 1.93 bits per heavy atom. The first-order valence-electron chi connectivity index (χ1n) is 13.6. The molecule has 3 aliphatic heterocycles. The van der Waals surface area contributed by atoms with Gasteiger partial charge in [-0.3, -0.25) is 4.79 Å². The lowest BCUT2D eigenvalue weighted by Gasteiger charge is -2.36. The van der Waals surface area contributed by atoms with E-state index in [0.717, 1.165) is 41.3 Å². The predicted molar refractivity (Wildman–Crippen MR) is 153 cm³/mol. The molecule has 2 fully saturated rings. The number of nitrogens with zero attached hydrogens (tertiary/aromatic N) is 5. The monoisotopic (exact) mass is 563 g/mol. The molecule has 3 aromatic rings. The quantitative estimate of drug-likeness (QED) is 0.397. The highest BCUT2D eigenvalue weighted by Crippen LogP contribution is 2.39. The molecule has 208 valence electrons. The van der Waals surface area contributed by atoms with Crippen LogP contribution in [0, 0.1) is 0 Å². The number of likely N-dealkylation sites (N-methyl/N-ethyl adjacent to an activating group) is 1. The Labute approximate surface area is 237 Å². The number of carbonyl (C=O) groups excluding carboxylic acids is 1. The summed E-state index contributed by atoms with van der Waals surface area (Å²) in [5.74, 6) is 0.210. The van der Waals surface area contributed by atoms with Gasteiger partial charge >= 0.3 is 6.01 Å². The maximum absolute atomic E-state index is 13.4. The molecule has 0 N–H and O–H groups in total. The van der Waals surface area contributed by atoms with Crippen LogP contribution < -0.4 is 14.4 Å². The number of halogens is 2. The smallest absolute Gasteiger partial charge is 0.321 e. The number of fused-ring (bicyclic) bond motifs is 2. The molecule has 40 heavy (non-hydrogen) atoms. The van der Waals surface area contributed by atoms with E-state index in [1.807, 2.05) is 42.5 Å². The second kappa shape index (κ2) is 11.1. The number of likely N-dealkylation sites (tertiary alicyclic amines) is 1. The zero-order valence-corrected chi connectivity index (χ0v) is 23.2. The summed E-state index contributed by atoms with van der Waals surface area (Å²) >= 11 is 6.61. The number of rotatable bonds is 6. The van der Waals surface area contributed by atoms with Crippen LogP contribution in [0.5, 0.6) is 11.9 Å². The largest absolute Gasteiger partial charge is 0.462 e. The van der Waals surface area contributed by atoms with E-state index in [0.29, 0.717) is 67.7 Å². The average molecular weight is 564 g/mol. The Hall–Kier alpha value is -3.69. The molecule has 0 saturated carbocycles. The van der Waals surface area contributed by atoms with Gasteiger partial charge in [-0.1, -0.05) is 48.5 Å². The van der Waals surface area contributed by atoms with Gasteiger partial charge < -0.3 is 24.2 Å². The van der Waals surface area contributed by atoms with E-state index in [4.69, 9.17) is 31.0 Å². The Kier molecular flexibility index (Phi) is 7.33. The van der Waals surface area contributed by atoms with E-state index in [2.05, 4.69) is 23.4 Å². The number of allylic oxidation sites excluding steroid dienone is 1. The van der Waals surface area contributed by atoms with Crippen molar-refractivity contribution < 1.29 is 18.7 Å². The van der Waals surface area contributed by atoms with E-state index in [1.165, 1.54) is 4.90 Å². The molecule has 1 aromatic heterocycles. The molecule has 8 nitrogen and oxygen atoms in total. The summed E-state index contributed by atoms with van der Waals surface area (Å²) in [6, 6.07) is 12.4. The lowest BCUT2D eigenvalue weighted by Crippen LogP contribution is -2.49. The number of carbonyl (C=O) groups is 1. The minimum atomic E-state index is -0.944. The molecule has 10 heteroatoms. The molecule has 2 saturated heterocycles. The zero-order valence-electron chi connectivity index (χ0n) is 22.4. The van der Waals surface area contributed by atoms with Crippen molar-refractivity contribution in [2.24, 2.45) is 0 Å². The summed E-state index contributed by atoms with van der Waals surface area (Å²) in [7, 11) is 2.10. The van der Waals surface area contributed by atoms with Crippen LogP contribution in [0.25, 0.3) is 16.5 Å². The molecule has 0 spiro atoms. The fourth-order valence-electron chi connectivity index (χ4n) is 5.68. The van der Waals surface area contributed by atoms with E-state index in [1.54, 1.807) is 0 Å². The number of anilines is 1. The van der Waals surface area contributed by atoms with Crippen molar-refractivity contribution >= 4 is 39.9 Å². The standard InChI is InChI=1S/C30H31ClFN5O3/c1-19(32)29(38)37-16-14-36(15-17-37)27-23-11-12-25(22-9-3-6-20-7-4-10-24(31)26(20)22)40-28(23)34-30(33-27)39-18-21-8-5-13-35(21)2/h3-4,6-7,9-10,12,21H,1,5,8,11,13-18H2,2H3/t21-/m0/s1. The number of amides is 1. The molecule has 0 unspecified atom stereocenters.